The summed E-state index contributed by atoms with van der Waals surface area (Å²) in [6.07, 6.45) is 1.05. The van der Waals surface area contributed by atoms with Crippen LogP contribution in [-0.4, -0.2) is 45.5 Å². The molecule has 0 fully saturated rings. The molecule has 1 N–H and O–H groups in total. The lowest BCUT2D eigenvalue weighted by atomic mass is 10.00. The lowest BCUT2D eigenvalue weighted by molar-refractivity contribution is -0.158. The first-order valence-corrected chi connectivity index (χ1v) is 8.89. The van der Waals surface area contributed by atoms with Crippen LogP contribution in [0.25, 0.3) is 0 Å². The largest absolute Gasteiger partial charge is 0.459 e. The molecule has 126 valence electrons. The second-order valence-electron chi connectivity index (χ2n) is 6.18. The number of nitrogens with one attached hydrogen (secondary N) is 1. The summed E-state index contributed by atoms with van der Waals surface area (Å²) >= 11 is 0. The van der Waals surface area contributed by atoms with E-state index in [2.05, 4.69) is 4.72 Å². The highest BCUT2D eigenvalue weighted by molar-refractivity contribution is 7.89. The molecule has 0 aliphatic carbocycles. The van der Waals surface area contributed by atoms with Crippen LogP contribution in [0.3, 0.4) is 0 Å². The Balaban J connectivity index is 4.89. The molecule has 7 heteroatoms. The average molecular weight is 323 g/mol. The molecular formula is C14H29NO5S. The van der Waals surface area contributed by atoms with E-state index in [9.17, 15) is 13.2 Å². The van der Waals surface area contributed by atoms with E-state index in [4.69, 9.17) is 9.47 Å². The molecule has 0 aromatic rings. The summed E-state index contributed by atoms with van der Waals surface area (Å²) in [5, 5.41) is 0. The van der Waals surface area contributed by atoms with Gasteiger partial charge < -0.3 is 9.47 Å². The Hall–Kier alpha value is -0.660. The van der Waals surface area contributed by atoms with Crippen LogP contribution in [0, 0.1) is 5.92 Å². The molecule has 0 heterocycles. The van der Waals surface area contributed by atoms with Crippen LogP contribution in [0.4, 0.5) is 0 Å². The van der Waals surface area contributed by atoms with Crippen molar-refractivity contribution in [2.24, 2.45) is 5.92 Å². The third kappa shape index (κ3) is 9.06. The highest BCUT2D eigenvalue weighted by Gasteiger charge is 2.32. The van der Waals surface area contributed by atoms with E-state index in [-0.39, 0.29) is 11.7 Å². The Kier molecular flexibility index (Phi) is 8.43. The number of methoxy groups -OCH3 is 1. The topological polar surface area (TPSA) is 81.7 Å². The first-order valence-electron chi connectivity index (χ1n) is 7.24. The fraction of sp³-hybridized carbons (Fsp3) is 0.929. The molecule has 0 amide bonds. The Morgan fingerprint density at radius 2 is 1.86 bits per heavy atom. The van der Waals surface area contributed by atoms with Crippen molar-refractivity contribution in [2.75, 3.05) is 19.5 Å². The Morgan fingerprint density at radius 1 is 1.29 bits per heavy atom. The van der Waals surface area contributed by atoms with Crippen molar-refractivity contribution in [3.05, 3.63) is 0 Å². The van der Waals surface area contributed by atoms with E-state index in [1.807, 2.05) is 13.8 Å². The summed E-state index contributed by atoms with van der Waals surface area (Å²) in [4.78, 5) is 12.2. The minimum atomic E-state index is -3.54. The van der Waals surface area contributed by atoms with Gasteiger partial charge in [-0.25, -0.2) is 13.1 Å². The number of hydrogen-bond acceptors (Lipinski definition) is 5. The second kappa shape index (κ2) is 8.70. The minimum absolute atomic E-state index is 0.0728. The van der Waals surface area contributed by atoms with Crippen molar-refractivity contribution in [2.45, 2.75) is 59.1 Å². The fourth-order valence-electron chi connectivity index (χ4n) is 1.64. The number of carbonyl (C=O) groups is 1. The second-order valence-corrected chi connectivity index (χ2v) is 8.05. The number of carbonyl (C=O) groups excluding carboxylic acids is 1. The predicted octanol–water partition coefficient (Wildman–Crippen LogP) is 1.70. The molecule has 0 rings (SSSR count). The first kappa shape index (κ1) is 20.3. The molecule has 0 aliphatic heterocycles. The van der Waals surface area contributed by atoms with Crippen LogP contribution in [0.2, 0.25) is 0 Å². The van der Waals surface area contributed by atoms with Crippen LogP contribution in [-0.2, 0) is 24.3 Å². The molecule has 0 bridgehead atoms. The summed E-state index contributed by atoms with van der Waals surface area (Å²) in [7, 11) is -2.02. The summed E-state index contributed by atoms with van der Waals surface area (Å²) < 4.78 is 36.7. The highest BCUT2D eigenvalue weighted by Crippen LogP contribution is 2.15. The van der Waals surface area contributed by atoms with E-state index >= 15 is 0 Å². The molecule has 0 aromatic carbocycles. The van der Waals surface area contributed by atoms with E-state index < -0.39 is 27.6 Å². The molecule has 2 atom stereocenters. The van der Waals surface area contributed by atoms with Crippen molar-refractivity contribution >= 4 is 16.0 Å². The van der Waals surface area contributed by atoms with E-state index in [0.717, 1.165) is 0 Å². The van der Waals surface area contributed by atoms with Gasteiger partial charge in [-0.2, -0.15) is 0 Å². The van der Waals surface area contributed by atoms with Gasteiger partial charge in [0.2, 0.25) is 10.0 Å². The van der Waals surface area contributed by atoms with E-state index in [1.54, 1.807) is 20.8 Å². The maximum absolute atomic E-state index is 12.2. The van der Waals surface area contributed by atoms with Gasteiger partial charge in [0.1, 0.15) is 11.6 Å². The molecule has 0 spiro atoms. The number of rotatable bonds is 9. The van der Waals surface area contributed by atoms with Gasteiger partial charge in [-0.3, -0.25) is 4.79 Å². The summed E-state index contributed by atoms with van der Waals surface area (Å²) in [6, 6.07) is -0.859. The van der Waals surface area contributed by atoms with Crippen LogP contribution >= 0.6 is 0 Å². The molecule has 0 radical (unpaired) electrons. The van der Waals surface area contributed by atoms with Gasteiger partial charge in [-0.1, -0.05) is 20.3 Å². The normalized spacial score (nSPS) is 15.5. The predicted molar refractivity (Wildman–Crippen MR) is 82.5 cm³/mol. The maximum Gasteiger partial charge on any atom is 0.324 e. The third-order valence-electron chi connectivity index (χ3n) is 2.94. The average Bonchev–Trinajstić information content (AvgIpc) is 2.33. The lowest BCUT2D eigenvalue weighted by Gasteiger charge is -2.27. The SMILES string of the molecule is CC[C@H](C)[C@H](NS(=O)(=O)CCCOC)C(=O)OC(C)(C)C. The number of esters is 1. The number of ether oxygens (including phenoxy) is 2. The molecular weight excluding hydrogens is 294 g/mol. The monoisotopic (exact) mass is 323 g/mol. The molecule has 0 aliphatic rings. The maximum atomic E-state index is 12.2. The molecule has 0 unspecified atom stereocenters. The van der Waals surface area contributed by atoms with Crippen LogP contribution < -0.4 is 4.72 Å². The molecule has 0 saturated carbocycles. The third-order valence-corrected chi connectivity index (χ3v) is 4.38. The Labute approximate surface area is 128 Å². The first-order chi connectivity index (χ1) is 9.52. The van der Waals surface area contributed by atoms with Crippen LogP contribution in [0.1, 0.15) is 47.5 Å². The summed E-state index contributed by atoms with van der Waals surface area (Å²) in [5.74, 6) is -0.749. The zero-order valence-corrected chi connectivity index (χ0v) is 14.7. The van der Waals surface area contributed by atoms with Gasteiger partial charge in [0.25, 0.3) is 0 Å². The van der Waals surface area contributed by atoms with Crippen LogP contribution in [0.15, 0.2) is 0 Å². The van der Waals surface area contributed by atoms with Crippen LogP contribution in [0.5, 0.6) is 0 Å². The zero-order chi connectivity index (χ0) is 16.7. The van der Waals surface area contributed by atoms with Gasteiger partial charge in [0, 0.05) is 13.7 Å². The van der Waals surface area contributed by atoms with E-state index in [0.29, 0.717) is 19.4 Å². The lowest BCUT2D eigenvalue weighted by Crippen LogP contribution is -2.48. The molecule has 0 aromatic heterocycles. The van der Waals surface area contributed by atoms with Gasteiger partial charge in [0.15, 0.2) is 0 Å². The number of sulfonamides is 1. The van der Waals surface area contributed by atoms with Crippen molar-refractivity contribution < 1.29 is 22.7 Å². The Morgan fingerprint density at radius 3 is 2.29 bits per heavy atom. The fourth-order valence-corrected chi connectivity index (χ4v) is 2.97. The zero-order valence-electron chi connectivity index (χ0n) is 13.9. The molecule has 6 nitrogen and oxygen atoms in total. The standard InChI is InChI=1S/C14H29NO5S/c1-7-11(2)12(13(16)20-14(3,4)5)15-21(17,18)10-8-9-19-6/h11-12,15H,7-10H2,1-6H3/t11-,12-/m0/s1. The van der Waals surface area contributed by atoms with Crippen molar-refractivity contribution in [1.82, 2.24) is 4.72 Å². The summed E-state index contributed by atoms with van der Waals surface area (Å²) in [5.41, 5.74) is -0.649. The minimum Gasteiger partial charge on any atom is -0.459 e. The Bertz CT molecular complexity index is 414. The van der Waals surface area contributed by atoms with Crippen molar-refractivity contribution in [3.63, 3.8) is 0 Å². The van der Waals surface area contributed by atoms with Gasteiger partial charge >= 0.3 is 5.97 Å². The number of hydrogen-bond donors (Lipinski definition) is 1. The van der Waals surface area contributed by atoms with Crippen molar-refractivity contribution in [1.29, 1.82) is 0 Å². The molecule has 0 saturated heterocycles. The smallest absolute Gasteiger partial charge is 0.324 e. The van der Waals surface area contributed by atoms with Gasteiger partial charge in [-0.05, 0) is 33.1 Å². The van der Waals surface area contributed by atoms with Gasteiger partial charge in [-0.15, -0.1) is 0 Å². The quantitative estimate of drug-likeness (QED) is 0.516. The van der Waals surface area contributed by atoms with E-state index in [1.165, 1.54) is 7.11 Å². The van der Waals surface area contributed by atoms with Crippen molar-refractivity contribution in [3.8, 4) is 0 Å². The van der Waals surface area contributed by atoms with Gasteiger partial charge in [0.05, 0.1) is 5.75 Å². The summed E-state index contributed by atoms with van der Waals surface area (Å²) in [6.45, 7) is 9.36. The highest BCUT2D eigenvalue weighted by atomic mass is 32.2. The molecule has 21 heavy (non-hydrogen) atoms.